The van der Waals surface area contributed by atoms with Gasteiger partial charge in [0, 0.05) is 23.9 Å². The van der Waals surface area contributed by atoms with Gasteiger partial charge in [0.2, 0.25) is 0 Å². The van der Waals surface area contributed by atoms with Gasteiger partial charge in [-0.2, -0.15) is 5.10 Å². The maximum atomic E-state index is 12.9. The monoisotopic (exact) mass is 421 g/mol. The van der Waals surface area contributed by atoms with Crippen LogP contribution in [0, 0.1) is 0 Å². The molecule has 0 radical (unpaired) electrons. The first kappa shape index (κ1) is 19.9. The number of rotatable bonds is 5. The minimum atomic E-state index is -0.229. The fourth-order valence-corrected chi connectivity index (χ4v) is 4.18. The van der Waals surface area contributed by atoms with Crippen LogP contribution < -0.4 is 5.32 Å². The number of ketones is 1. The summed E-state index contributed by atoms with van der Waals surface area (Å²) in [6.45, 7) is 2.49. The Morgan fingerprint density at radius 1 is 1.03 bits per heavy atom. The number of benzene rings is 2. The van der Waals surface area contributed by atoms with Crippen molar-refractivity contribution in [2.75, 3.05) is 0 Å². The number of hydrogen-bond acceptors (Lipinski definition) is 3. The van der Waals surface area contributed by atoms with Gasteiger partial charge in [-0.15, -0.1) is 0 Å². The van der Waals surface area contributed by atoms with Crippen LogP contribution in [0.4, 0.5) is 0 Å². The molecule has 5 heteroatoms. The van der Waals surface area contributed by atoms with Crippen LogP contribution in [0.1, 0.15) is 40.4 Å². The van der Waals surface area contributed by atoms with Crippen molar-refractivity contribution in [1.29, 1.82) is 0 Å². The highest BCUT2D eigenvalue weighted by Crippen LogP contribution is 2.33. The Labute approximate surface area is 186 Å². The lowest BCUT2D eigenvalue weighted by molar-refractivity contribution is -0.114. The molecule has 1 N–H and O–H groups in total. The number of fused-ring (bicyclic) bond motifs is 1. The summed E-state index contributed by atoms with van der Waals surface area (Å²) in [5.74, 6) is -0.137. The molecule has 0 spiro atoms. The maximum absolute atomic E-state index is 12.9. The van der Waals surface area contributed by atoms with Crippen LogP contribution in [0.15, 0.2) is 95.5 Å². The van der Waals surface area contributed by atoms with Crippen molar-refractivity contribution in [3.63, 3.8) is 0 Å². The van der Waals surface area contributed by atoms with Gasteiger partial charge in [0.1, 0.15) is 0 Å². The largest absolute Gasteiger partial charge is 0.322 e. The Morgan fingerprint density at radius 2 is 1.81 bits per heavy atom. The van der Waals surface area contributed by atoms with E-state index < -0.39 is 0 Å². The number of nitrogens with zero attached hydrogens (tertiary/aromatic N) is 2. The zero-order valence-corrected chi connectivity index (χ0v) is 17.8. The average Bonchev–Trinajstić information content (AvgIpc) is 3.43. The quantitative estimate of drug-likeness (QED) is 0.661. The van der Waals surface area contributed by atoms with Crippen LogP contribution in [0.25, 0.3) is 6.08 Å². The van der Waals surface area contributed by atoms with E-state index in [9.17, 15) is 9.59 Å². The molecule has 2 aliphatic carbocycles. The van der Waals surface area contributed by atoms with Gasteiger partial charge < -0.3 is 5.32 Å². The van der Waals surface area contributed by atoms with Crippen LogP contribution in [0.2, 0.25) is 0 Å². The zero-order valence-electron chi connectivity index (χ0n) is 17.8. The predicted octanol–water partition coefficient (Wildman–Crippen LogP) is 4.47. The summed E-state index contributed by atoms with van der Waals surface area (Å²) in [4.78, 5) is 25.6. The van der Waals surface area contributed by atoms with Gasteiger partial charge in [-0.25, -0.2) is 0 Å². The van der Waals surface area contributed by atoms with Crippen molar-refractivity contribution < 1.29 is 9.59 Å². The normalized spacial score (nSPS) is 15.3. The summed E-state index contributed by atoms with van der Waals surface area (Å²) in [6, 6.07) is 18.1. The highest BCUT2D eigenvalue weighted by Gasteiger charge is 2.25. The second-order valence-electron chi connectivity index (χ2n) is 8.26. The van der Waals surface area contributed by atoms with Gasteiger partial charge in [-0.05, 0) is 47.3 Å². The predicted molar refractivity (Wildman–Crippen MR) is 124 cm³/mol. The Morgan fingerprint density at radius 3 is 2.62 bits per heavy atom. The third-order valence-corrected chi connectivity index (χ3v) is 5.92. The number of carbonyl (C=O) groups is 2. The minimum Gasteiger partial charge on any atom is -0.322 e. The molecule has 1 aromatic heterocycles. The summed E-state index contributed by atoms with van der Waals surface area (Å²) in [5, 5.41) is 7.31. The van der Waals surface area contributed by atoms with E-state index in [1.54, 1.807) is 17.1 Å². The molecular weight excluding hydrogens is 398 g/mol. The van der Waals surface area contributed by atoms with Crippen LogP contribution in [-0.2, 0) is 17.8 Å². The SMILES string of the molecule is CC1=C(NC(=O)c2cnn(Cc3ccccc3)c2)C=C(C2=Cc3ccccc3C2)C(=O)C1. The first-order chi connectivity index (χ1) is 15.6. The van der Waals surface area contributed by atoms with E-state index in [1.165, 1.54) is 5.56 Å². The van der Waals surface area contributed by atoms with Gasteiger partial charge >= 0.3 is 0 Å². The van der Waals surface area contributed by atoms with E-state index in [0.717, 1.165) is 28.7 Å². The van der Waals surface area contributed by atoms with E-state index in [-0.39, 0.29) is 11.7 Å². The third-order valence-electron chi connectivity index (χ3n) is 5.92. The van der Waals surface area contributed by atoms with Crippen LogP contribution in [0.5, 0.6) is 0 Å². The minimum absolute atomic E-state index is 0.0928. The van der Waals surface area contributed by atoms with Crippen molar-refractivity contribution >= 4 is 17.8 Å². The molecule has 0 saturated carbocycles. The van der Waals surface area contributed by atoms with Crippen molar-refractivity contribution in [1.82, 2.24) is 15.1 Å². The Hall–Kier alpha value is -3.99. The number of allylic oxidation sites excluding steroid dienone is 4. The second-order valence-corrected chi connectivity index (χ2v) is 8.26. The fourth-order valence-electron chi connectivity index (χ4n) is 4.18. The number of Topliss-reactive ketones (excluding diaryl/α,β-unsaturated/α-hetero) is 1. The number of nitrogens with one attached hydrogen (secondary N) is 1. The molecule has 3 aromatic rings. The van der Waals surface area contributed by atoms with Gasteiger partial charge in [-0.3, -0.25) is 14.3 Å². The lowest BCUT2D eigenvalue weighted by atomic mass is 9.90. The highest BCUT2D eigenvalue weighted by atomic mass is 16.1. The lowest BCUT2D eigenvalue weighted by Gasteiger charge is -2.18. The van der Waals surface area contributed by atoms with Crippen LogP contribution >= 0.6 is 0 Å². The van der Waals surface area contributed by atoms with Gasteiger partial charge in [0.15, 0.2) is 5.78 Å². The summed E-state index contributed by atoms with van der Waals surface area (Å²) in [5.41, 5.74) is 7.22. The summed E-state index contributed by atoms with van der Waals surface area (Å²) in [7, 11) is 0. The van der Waals surface area contributed by atoms with Gasteiger partial charge in [-0.1, -0.05) is 60.7 Å². The van der Waals surface area contributed by atoms with Crippen molar-refractivity contribution in [3.8, 4) is 0 Å². The van der Waals surface area contributed by atoms with Crippen molar-refractivity contribution in [2.45, 2.75) is 26.3 Å². The van der Waals surface area contributed by atoms with E-state index >= 15 is 0 Å². The summed E-state index contributed by atoms with van der Waals surface area (Å²) >= 11 is 0. The number of carbonyl (C=O) groups excluding carboxylic acids is 2. The molecule has 0 atom stereocenters. The number of hydrogen-bond donors (Lipinski definition) is 1. The molecule has 0 fully saturated rings. The fraction of sp³-hybridized carbons (Fsp3) is 0.148. The molecule has 158 valence electrons. The van der Waals surface area contributed by atoms with Crippen LogP contribution in [0.3, 0.4) is 0 Å². The topological polar surface area (TPSA) is 64.0 Å². The third kappa shape index (κ3) is 3.97. The average molecular weight is 422 g/mol. The first-order valence-electron chi connectivity index (χ1n) is 10.7. The molecular formula is C27H23N3O2. The van der Waals surface area contributed by atoms with E-state index in [4.69, 9.17) is 0 Å². The van der Waals surface area contributed by atoms with E-state index in [1.807, 2.05) is 55.5 Å². The molecule has 32 heavy (non-hydrogen) atoms. The summed E-state index contributed by atoms with van der Waals surface area (Å²) < 4.78 is 1.75. The molecule has 0 unspecified atom stereocenters. The molecule has 2 aliphatic rings. The van der Waals surface area contributed by atoms with E-state index in [2.05, 4.69) is 28.6 Å². The molecule has 1 amide bonds. The van der Waals surface area contributed by atoms with Gasteiger partial charge in [0.25, 0.3) is 5.91 Å². The Kier molecular flexibility index (Phi) is 5.15. The molecule has 5 rings (SSSR count). The standard InChI is InChI=1S/C27H23N3O2/c1-18-11-26(31)24(22-12-20-9-5-6-10-21(20)13-22)14-25(18)29-27(32)23-15-28-30(17-23)16-19-7-3-2-4-8-19/h2-10,12,14-15,17H,11,13,16H2,1H3,(H,29,32). The highest BCUT2D eigenvalue weighted by molar-refractivity contribution is 6.05. The van der Waals surface area contributed by atoms with Crippen LogP contribution in [-0.4, -0.2) is 21.5 Å². The molecule has 2 aromatic carbocycles. The zero-order chi connectivity index (χ0) is 22.1. The lowest BCUT2D eigenvalue weighted by Crippen LogP contribution is -2.26. The Balaban J connectivity index is 1.33. The second kappa shape index (κ2) is 8.27. The molecule has 0 saturated heterocycles. The Bertz CT molecular complexity index is 1310. The molecule has 5 nitrogen and oxygen atoms in total. The van der Waals surface area contributed by atoms with Gasteiger partial charge in [0.05, 0.1) is 18.3 Å². The number of aromatic nitrogens is 2. The summed E-state index contributed by atoms with van der Waals surface area (Å²) in [6.07, 6.45) is 8.26. The molecule has 0 bridgehead atoms. The first-order valence-corrected chi connectivity index (χ1v) is 10.7. The van der Waals surface area contributed by atoms with E-state index in [0.29, 0.717) is 29.8 Å². The molecule has 0 aliphatic heterocycles. The molecule has 1 heterocycles. The van der Waals surface area contributed by atoms with Crippen molar-refractivity contribution in [3.05, 3.63) is 118 Å². The maximum Gasteiger partial charge on any atom is 0.258 e. The smallest absolute Gasteiger partial charge is 0.258 e. The number of amides is 1. The van der Waals surface area contributed by atoms with Crippen molar-refractivity contribution in [2.24, 2.45) is 0 Å².